The van der Waals surface area contributed by atoms with E-state index >= 15 is 0 Å². The summed E-state index contributed by atoms with van der Waals surface area (Å²) in [7, 11) is -0.912. The Bertz CT molecular complexity index is 1230. The molecule has 0 spiro atoms. The van der Waals surface area contributed by atoms with Gasteiger partial charge in [-0.1, -0.05) is 93.6 Å². The van der Waals surface area contributed by atoms with Crippen LogP contribution in [0.15, 0.2) is 89.8 Å². The zero-order chi connectivity index (χ0) is 22.7. The fourth-order valence-corrected chi connectivity index (χ4v) is 6.47. The molecule has 1 heteroatoms. The SMILES string of the molecule is CC(C)(C)c1cc2c(cc1S(C)(C)C)-c1ccccc1-c1ccccc1-c1ccccc1-2. The van der Waals surface area contributed by atoms with Crippen LogP contribution in [0.25, 0.3) is 44.5 Å². The highest BCUT2D eigenvalue weighted by atomic mass is 32.3. The normalized spacial score (nSPS) is 13.2. The number of fused-ring (bicyclic) bond motifs is 8. The summed E-state index contributed by atoms with van der Waals surface area (Å²) in [4.78, 5) is 1.52. The van der Waals surface area contributed by atoms with Crippen molar-refractivity contribution in [1.82, 2.24) is 0 Å². The molecule has 0 aliphatic heterocycles. The molecule has 0 radical (unpaired) electrons. The molecule has 0 nitrogen and oxygen atoms in total. The Hall–Kier alpha value is -2.77. The van der Waals surface area contributed by atoms with E-state index in [2.05, 4.69) is 124 Å². The lowest BCUT2D eigenvalue weighted by Crippen LogP contribution is -2.16. The number of hydrogen-bond acceptors (Lipinski definition) is 0. The monoisotopic (exact) mass is 436 g/mol. The van der Waals surface area contributed by atoms with Crippen LogP contribution in [0.3, 0.4) is 0 Å². The molecule has 0 bridgehead atoms. The first-order valence-electron chi connectivity index (χ1n) is 11.3. The maximum absolute atomic E-state index is 2.52. The second-order valence-electron chi connectivity index (χ2n) is 10.6. The van der Waals surface area contributed by atoms with Crippen LogP contribution in [0.2, 0.25) is 0 Å². The van der Waals surface area contributed by atoms with E-state index in [0.29, 0.717) is 0 Å². The Kier molecular flexibility index (Phi) is 4.87. The molecule has 162 valence electrons. The molecule has 0 unspecified atom stereocenters. The molecule has 0 fully saturated rings. The Morgan fingerprint density at radius 3 is 1.09 bits per heavy atom. The minimum atomic E-state index is -0.912. The molecule has 1 aliphatic carbocycles. The maximum atomic E-state index is 2.52. The summed E-state index contributed by atoms with van der Waals surface area (Å²) in [5.74, 6) is 0. The van der Waals surface area contributed by atoms with Crippen LogP contribution >= 0.6 is 10.0 Å². The Balaban J connectivity index is 1.99. The van der Waals surface area contributed by atoms with Gasteiger partial charge in [0.05, 0.1) is 0 Å². The van der Waals surface area contributed by atoms with E-state index in [1.807, 2.05) is 0 Å². The van der Waals surface area contributed by atoms with E-state index in [1.54, 1.807) is 0 Å². The Morgan fingerprint density at radius 1 is 0.469 bits per heavy atom. The van der Waals surface area contributed by atoms with Crippen LogP contribution in [0.1, 0.15) is 26.3 Å². The fraction of sp³-hybridized carbons (Fsp3) is 0.226. The average molecular weight is 437 g/mol. The second kappa shape index (κ2) is 7.39. The van der Waals surface area contributed by atoms with Crippen molar-refractivity contribution in [3.63, 3.8) is 0 Å². The summed E-state index contributed by atoms with van der Waals surface area (Å²) < 4.78 is 0. The summed E-state index contributed by atoms with van der Waals surface area (Å²) in [6.07, 6.45) is 7.26. The summed E-state index contributed by atoms with van der Waals surface area (Å²) in [6.45, 7) is 7.05. The quantitative estimate of drug-likeness (QED) is 0.246. The molecule has 0 atom stereocenters. The highest BCUT2D eigenvalue weighted by molar-refractivity contribution is 8.32. The molecule has 0 heterocycles. The van der Waals surface area contributed by atoms with Crippen LogP contribution in [0.4, 0.5) is 0 Å². The summed E-state index contributed by atoms with van der Waals surface area (Å²) in [5, 5.41) is 0. The van der Waals surface area contributed by atoms with Gasteiger partial charge in [-0.3, -0.25) is 0 Å². The zero-order valence-corrected chi connectivity index (χ0v) is 20.8. The third-order valence-corrected chi connectivity index (χ3v) is 8.19. The molecule has 0 amide bonds. The fourth-order valence-electron chi connectivity index (χ4n) is 4.98. The van der Waals surface area contributed by atoms with E-state index in [4.69, 9.17) is 0 Å². The Labute approximate surface area is 194 Å². The highest BCUT2D eigenvalue weighted by Crippen LogP contribution is 2.55. The van der Waals surface area contributed by atoms with Gasteiger partial charge in [-0.05, 0) is 91.3 Å². The molecular formula is C31H32S. The number of benzene rings is 4. The first kappa shape index (κ1) is 21.1. The molecule has 5 rings (SSSR count). The second-order valence-corrected chi connectivity index (χ2v) is 14.7. The van der Waals surface area contributed by atoms with E-state index < -0.39 is 10.0 Å². The summed E-state index contributed by atoms with van der Waals surface area (Å²) >= 11 is 0. The van der Waals surface area contributed by atoms with E-state index in [9.17, 15) is 0 Å². The third kappa shape index (κ3) is 3.40. The van der Waals surface area contributed by atoms with E-state index in [1.165, 1.54) is 55.0 Å². The maximum Gasteiger partial charge on any atom is -0.00621 e. The number of hydrogen-bond donors (Lipinski definition) is 0. The number of rotatable bonds is 1. The lowest BCUT2D eigenvalue weighted by Gasteiger charge is -2.36. The molecule has 32 heavy (non-hydrogen) atoms. The smallest absolute Gasteiger partial charge is 0.00621 e. The molecule has 4 aromatic carbocycles. The van der Waals surface area contributed by atoms with Crippen LogP contribution in [-0.2, 0) is 5.41 Å². The van der Waals surface area contributed by atoms with Crippen molar-refractivity contribution in [2.45, 2.75) is 31.1 Å². The van der Waals surface area contributed by atoms with Crippen molar-refractivity contribution in [3.8, 4) is 44.5 Å². The zero-order valence-electron chi connectivity index (χ0n) is 20.0. The lowest BCUT2D eigenvalue weighted by atomic mass is 9.78. The molecule has 0 N–H and O–H groups in total. The third-order valence-electron chi connectivity index (χ3n) is 6.53. The van der Waals surface area contributed by atoms with Crippen LogP contribution < -0.4 is 0 Å². The molecule has 0 saturated heterocycles. The van der Waals surface area contributed by atoms with Gasteiger partial charge in [0, 0.05) is 0 Å². The largest absolute Gasteiger partial charge is 0.223 e. The van der Waals surface area contributed by atoms with Crippen LogP contribution in [-0.4, -0.2) is 18.8 Å². The van der Waals surface area contributed by atoms with Gasteiger partial charge in [-0.15, -0.1) is 0 Å². The standard InChI is InChI=1S/C31H32S/c1-31(2,3)29-19-27-25-17-11-9-15-23(25)21-13-7-8-14-22(21)24-16-10-12-18-26(24)28(27)20-30(29)32(4,5)6/h7-20H,1-6H3. The van der Waals surface area contributed by atoms with Gasteiger partial charge < -0.3 is 0 Å². The summed E-state index contributed by atoms with van der Waals surface area (Å²) in [6, 6.07) is 31.8. The van der Waals surface area contributed by atoms with Crippen LogP contribution in [0, 0.1) is 0 Å². The predicted molar refractivity (Wildman–Crippen MR) is 144 cm³/mol. The summed E-state index contributed by atoms with van der Waals surface area (Å²) in [5.41, 5.74) is 12.2. The van der Waals surface area contributed by atoms with Gasteiger partial charge in [0.15, 0.2) is 0 Å². The molecule has 4 aromatic rings. The van der Waals surface area contributed by atoms with Crippen molar-refractivity contribution in [2.24, 2.45) is 0 Å². The topological polar surface area (TPSA) is 0 Å². The van der Waals surface area contributed by atoms with Gasteiger partial charge in [-0.2, -0.15) is 0 Å². The molecular weight excluding hydrogens is 404 g/mol. The van der Waals surface area contributed by atoms with Gasteiger partial charge in [0.2, 0.25) is 0 Å². The van der Waals surface area contributed by atoms with Crippen molar-refractivity contribution in [2.75, 3.05) is 18.8 Å². The molecule has 1 aliphatic rings. The van der Waals surface area contributed by atoms with E-state index in [-0.39, 0.29) is 5.41 Å². The predicted octanol–water partition coefficient (Wildman–Crippen LogP) is 9.02. The van der Waals surface area contributed by atoms with Crippen molar-refractivity contribution >= 4 is 10.0 Å². The first-order valence-corrected chi connectivity index (χ1v) is 14.2. The highest BCUT2D eigenvalue weighted by Gasteiger charge is 2.28. The lowest BCUT2D eigenvalue weighted by molar-refractivity contribution is 0.578. The van der Waals surface area contributed by atoms with E-state index in [0.717, 1.165) is 0 Å². The average Bonchev–Trinajstić information content (AvgIpc) is 2.76. The van der Waals surface area contributed by atoms with Crippen molar-refractivity contribution in [3.05, 3.63) is 90.5 Å². The minimum absolute atomic E-state index is 0.0827. The van der Waals surface area contributed by atoms with Gasteiger partial charge >= 0.3 is 0 Å². The first-order chi connectivity index (χ1) is 15.2. The van der Waals surface area contributed by atoms with Gasteiger partial charge in [-0.25, -0.2) is 10.0 Å². The molecule has 0 aromatic heterocycles. The minimum Gasteiger partial charge on any atom is -0.223 e. The van der Waals surface area contributed by atoms with Crippen molar-refractivity contribution in [1.29, 1.82) is 0 Å². The van der Waals surface area contributed by atoms with Gasteiger partial charge in [0.1, 0.15) is 0 Å². The van der Waals surface area contributed by atoms with Gasteiger partial charge in [0.25, 0.3) is 0 Å². The molecule has 0 saturated carbocycles. The Morgan fingerprint density at radius 2 is 0.781 bits per heavy atom. The van der Waals surface area contributed by atoms with Crippen molar-refractivity contribution < 1.29 is 0 Å². The van der Waals surface area contributed by atoms with Crippen LogP contribution in [0.5, 0.6) is 0 Å².